The summed E-state index contributed by atoms with van der Waals surface area (Å²) in [6, 6.07) is 2.06. The van der Waals surface area contributed by atoms with E-state index in [-0.39, 0.29) is 0 Å². The number of hydrogen-bond donors (Lipinski definition) is 1. The maximum atomic E-state index is 4.66. The van der Waals surface area contributed by atoms with Crippen molar-refractivity contribution in [2.75, 3.05) is 50.5 Å². The Morgan fingerprint density at radius 2 is 1.85 bits per heavy atom. The van der Waals surface area contributed by atoms with E-state index in [4.69, 9.17) is 0 Å². The standard InChI is InChI=1S/C15H29N5/c1-6-13-17-14(16-7-2)12-15(18-13)20(8-3)11-9-10-19(4)5/h12H,6-11H2,1-5H3,(H,16,17,18). The van der Waals surface area contributed by atoms with E-state index < -0.39 is 0 Å². The van der Waals surface area contributed by atoms with Crippen LogP contribution in [0, 0.1) is 0 Å². The number of anilines is 2. The van der Waals surface area contributed by atoms with Crippen LogP contribution >= 0.6 is 0 Å². The number of aromatic nitrogens is 2. The summed E-state index contributed by atoms with van der Waals surface area (Å²) >= 11 is 0. The molecule has 20 heavy (non-hydrogen) atoms. The molecule has 0 saturated heterocycles. The molecule has 0 amide bonds. The number of hydrogen-bond acceptors (Lipinski definition) is 5. The molecule has 0 aliphatic heterocycles. The van der Waals surface area contributed by atoms with Crippen molar-refractivity contribution in [2.24, 2.45) is 0 Å². The lowest BCUT2D eigenvalue weighted by atomic mass is 10.3. The van der Waals surface area contributed by atoms with Crippen LogP contribution in [0.3, 0.4) is 0 Å². The molecule has 1 rings (SSSR count). The average Bonchev–Trinajstić information content (AvgIpc) is 2.43. The molecule has 5 heteroatoms. The molecule has 0 bridgehead atoms. The number of rotatable bonds is 9. The van der Waals surface area contributed by atoms with Crippen LogP contribution < -0.4 is 10.2 Å². The van der Waals surface area contributed by atoms with Gasteiger partial charge in [-0.05, 0) is 40.9 Å². The van der Waals surface area contributed by atoms with Gasteiger partial charge in [0.25, 0.3) is 0 Å². The molecule has 0 unspecified atom stereocenters. The molecule has 114 valence electrons. The minimum absolute atomic E-state index is 0.863. The second-order valence-electron chi connectivity index (χ2n) is 5.15. The van der Waals surface area contributed by atoms with Gasteiger partial charge >= 0.3 is 0 Å². The van der Waals surface area contributed by atoms with Crippen molar-refractivity contribution < 1.29 is 0 Å². The summed E-state index contributed by atoms with van der Waals surface area (Å²) in [5, 5.41) is 3.29. The lowest BCUT2D eigenvalue weighted by Crippen LogP contribution is -2.28. The summed E-state index contributed by atoms with van der Waals surface area (Å²) < 4.78 is 0. The van der Waals surface area contributed by atoms with Gasteiger partial charge in [0.15, 0.2) is 0 Å². The third-order valence-corrected chi connectivity index (χ3v) is 3.17. The molecule has 0 aliphatic carbocycles. The maximum absolute atomic E-state index is 4.66. The summed E-state index contributed by atoms with van der Waals surface area (Å²) in [5.41, 5.74) is 0. The van der Waals surface area contributed by atoms with Crippen LogP contribution in [0.25, 0.3) is 0 Å². The second kappa shape index (κ2) is 8.74. The largest absolute Gasteiger partial charge is 0.370 e. The zero-order valence-electron chi connectivity index (χ0n) is 13.6. The molecule has 0 spiro atoms. The summed E-state index contributed by atoms with van der Waals surface area (Å²) in [6.07, 6.45) is 2.00. The van der Waals surface area contributed by atoms with Crippen molar-refractivity contribution in [1.82, 2.24) is 14.9 Å². The molecule has 1 N–H and O–H groups in total. The van der Waals surface area contributed by atoms with Crippen LogP contribution in [-0.4, -0.2) is 55.1 Å². The maximum Gasteiger partial charge on any atom is 0.134 e. The van der Waals surface area contributed by atoms with E-state index in [0.29, 0.717) is 0 Å². The first-order valence-corrected chi connectivity index (χ1v) is 7.62. The number of nitrogens with one attached hydrogen (secondary N) is 1. The van der Waals surface area contributed by atoms with Crippen molar-refractivity contribution in [1.29, 1.82) is 0 Å². The SMILES string of the molecule is CCNc1cc(N(CC)CCCN(C)C)nc(CC)n1. The van der Waals surface area contributed by atoms with Crippen molar-refractivity contribution in [3.8, 4) is 0 Å². The van der Waals surface area contributed by atoms with Gasteiger partial charge in [-0.25, -0.2) is 9.97 Å². The Morgan fingerprint density at radius 3 is 2.40 bits per heavy atom. The molecule has 0 saturated carbocycles. The highest BCUT2D eigenvalue weighted by atomic mass is 15.2. The fraction of sp³-hybridized carbons (Fsp3) is 0.733. The quantitative estimate of drug-likeness (QED) is 0.751. The third-order valence-electron chi connectivity index (χ3n) is 3.17. The van der Waals surface area contributed by atoms with Gasteiger partial charge in [0.1, 0.15) is 17.5 Å². The van der Waals surface area contributed by atoms with Crippen LogP contribution in [0.15, 0.2) is 6.07 Å². The highest BCUT2D eigenvalue weighted by Crippen LogP contribution is 2.16. The molecule has 1 aromatic heterocycles. The minimum Gasteiger partial charge on any atom is -0.370 e. The van der Waals surface area contributed by atoms with E-state index in [2.05, 4.69) is 66.0 Å². The first-order valence-electron chi connectivity index (χ1n) is 7.62. The number of aryl methyl sites for hydroxylation is 1. The molecule has 0 radical (unpaired) electrons. The molecule has 1 heterocycles. The molecular formula is C15H29N5. The van der Waals surface area contributed by atoms with Crippen LogP contribution in [-0.2, 0) is 6.42 Å². The van der Waals surface area contributed by atoms with E-state index >= 15 is 0 Å². The lowest BCUT2D eigenvalue weighted by Gasteiger charge is -2.23. The monoisotopic (exact) mass is 279 g/mol. The Kier molecular flexibility index (Phi) is 7.30. The normalized spacial score (nSPS) is 10.9. The lowest BCUT2D eigenvalue weighted by molar-refractivity contribution is 0.400. The van der Waals surface area contributed by atoms with Gasteiger partial charge in [-0.3, -0.25) is 0 Å². The van der Waals surface area contributed by atoms with Gasteiger partial charge in [0.2, 0.25) is 0 Å². The van der Waals surface area contributed by atoms with Crippen molar-refractivity contribution in [2.45, 2.75) is 33.6 Å². The predicted molar refractivity (Wildman–Crippen MR) is 86.6 cm³/mol. The van der Waals surface area contributed by atoms with Gasteiger partial charge in [-0.2, -0.15) is 0 Å². The Labute approximate surface area is 123 Å². The summed E-state index contributed by atoms with van der Waals surface area (Å²) in [6.45, 7) is 10.3. The van der Waals surface area contributed by atoms with Crippen molar-refractivity contribution >= 4 is 11.6 Å². The van der Waals surface area contributed by atoms with E-state index in [9.17, 15) is 0 Å². The van der Waals surface area contributed by atoms with Crippen LogP contribution in [0.1, 0.15) is 33.0 Å². The fourth-order valence-electron chi connectivity index (χ4n) is 2.09. The van der Waals surface area contributed by atoms with Gasteiger partial charge in [-0.1, -0.05) is 6.92 Å². The Balaban J connectivity index is 2.81. The van der Waals surface area contributed by atoms with Crippen LogP contribution in [0.2, 0.25) is 0 Å². The Hall–Kier alpha value is -1.36. The third kappa shape index (κ3) is 5.33. The smallest absolute Gasteiger partial charge is 0.134 e. The summed E-state index contributed by atoms with van der Waals surface area (Å²) in [4.78, 5) is 13.7. The van der Waals surface area contributed by atoms with Crippen LogP contribution in [0.4, 0.5) is 11.6 Å². The van der Waals surface area contributed by atoms with E-state index in [1.54, 1.807) is 0 Å². The molecule has 0 atom stereocenters. The Morgan fingerprint density at radius 1 is 1.10 bits per heavy atom. The fourth-order valence-corrected chi connectivity index (χ4v) is 2.09. The first-order chi connectivity index (χ1) is 9.60. The van der Waals surface area contributed by atoms with Crippen LogP contribution in [0.5, 0.6) is 0 Å². The topological polar surface area (TPSA) is 44.3 Å². The zero-order chi connectivity index (χ0) is 15.0. The molecule has 0 aliphatic rings. The molecule has 0 fully saturated rings. The molecular weight excluding hydrogens is 250 g/mol. The Bertz CT molecular complexity index is 392. The van der Waals surface area contributed by atoms with Crippen molar-refractivity contribution in [3.05, 3.63) is 11.9 Å². The zero-order valence-corrected chi connectivity index (χ0v) is 13.6. The number of nitrogens with zero attached hydrogens (tertiary/aromatic N) is 4. The minimum atomic E-state index is 0.863. The molecule has 5 nitrogen and oxygen atoms in total. The van der Waals surface area contributed by atoms with Crippen molar-refractivity contribution in [3.63, 3.8) is 0 Å². The van der Waals surface area contributed by atoms with E-state index in [1.807, 2.05) is 0 Å². The van der Waals surface area contributed by atoms with Gasteiger partial charge in [0.05, 0.1) is 0 Å². The van der Waals surface area contributed by atoms with Gasteiger partial charge in [0, 0.05) is 32.1 Å². The van der Waals surface area contributed by atoms with Gasteiger partial charge in [-0.15, -0.1) is 0 Å². The summed E-state index contributed by atoms with van der Waals surface area (Å²) in [5.74, 6) is 2.87. The highest BCUT2D eigenvalue weighted by Gasteiger charge is 2.09. The predicted octanol–water partition coefficient (Wildman–Crippen LogP) is 2.25. The van der Waals surface area contributed by atoms with E-state index in [0.717, 1.165) is 56.5 Å². The highest BCUT2D eigenvalue weighted by molar-refractivity contribution is 5.49. The second-order valence-corrected chi connectivity index (χ2v) is 5.15. The van der Waals surface area contributed by atoms with E-state index in [1.165, 1.54) is 0 Å². The first kappa shape index (κ1) is 16.7. The summed E-state index contributed by atoms with van der Waals surface area (Å²) in [7, 11) is 4.22. The van der Waals surface area contributed by atoms with Gasteiger partial charge < -0.3 is 15.1 Å². The molecule has 1 aromatic rings. The average molecular weight is 279 g/mol. The molecule has 0 aromatic carbocycles.